The Hall–Kier alpha value is -1.60. The van der Waals surface area contributed by atoms with Gasteiger partial charge in [0.25, 0.3) is 10.0 Å². The lowest BCUT2D eigenvalue weighted by molar-refractivity contribution is 0.438. The van der Waals surface area contributed by atoms with Gasteiger partial charge in [0, 0.05) is 18.0 Å². The molecule has 0 aromatic carbocycles. The smallest absolute Gasteiger partial charge is 0.272 e. The fraction of sp³-hybridized carbons (Fsp3) is 0.471. The average molecular weight is 366 g/mol. The van der Waals surface area contributed by atoms with Crippen molar-refractivity contribution in [3.8, 4) is 0 Å². The topological polar surface area (TPSA) is 62.3 Å². The van der Waals surface area contributed by atoms with E-state index < -0.39 is 10.0 Å². The van der Waals surface area contributed by atoms with Crippen molar-refractivity contribution in [3.05, 3.63) is 35.3 Å². The van der Waals surface area contributed by atoms with Crippen LogP contribution >= 0.6 is 11.3 Å². The molecule has 1 fully saturated rings. The Morgan fingerprint density at radius 3 is 2.58 bits per heavy atom. The molecule has 3 rings (SSSR count). The van der Waals surface area contributed by atoms with E-state index in [1.54, 1.807) is 18.3 Å². The fourth-order valence-corrected chi connectivity index (χ4v) is 5.08. The first kappa shape index (κ1) is 17.2. The zero-order valence-corrected chi connectivity index (χ0v) is 15.7. The van der Waals surface area contributed by atoms with Crippen molar-refractivity contribution in [1.29, 1.82) is 0 Å². The molecule has 0 atom stereocenters. The Kier molecular flexibility index (Phi) is 5.10. The molecule has 130 valence electrons. The van der Waals surface area contributed by atoms with E-state index in [1.807, 2.05) is 19.1 Å². The van der Waals surface area contributed by atoms with E-state index >= 15 is 0 Å². The largest absolute Gasteiger partial charge is 0.370 e. The minimum absolute atomic E-state index is 0.329. The summed E-state index contributed by atoms with van der Waals surface area (Å²) in [6.07, 6.45) is 4.96. The van der Waals surface area contributed by atoms with Gasteiger partial charge in [0.2, 0.25) is 0 Å². The normalized spacial score (nSPS) is 16.3. The van der Waals surface area contributed by atoms with Gasteiger partial charge in [-0.05, 0) is 49.4 Å². The molecule has 0 bridgehead atoms. The molecule has 0 spiro atoms. The van der Waals surface area contributed by atoms with E-state index in [0.29, 0.717) is 10.0 Å². The van der Waals surface area contributed by atoms with Crippen LogP contribution in [-0.2, 0) is 16.4 Å². The van der Waals surface area contributed by atoms with Gasteiger partial charge in [0.15, 0.2) is 0 Å². The highest BCUT2D eigenvalue weighted by Crippen LogP contribution is 2.26. The fourth-order valence-electron chi connectivity index (χ4n) is 2.78. The molecule has 3 heterocycles. The van der Waals surface area contributed by atoms with E-state index in [0.717, 1.165) is 36.0 Å². The number of aryl methyl sites for hydroxylation is 1. The maximum absolute atomic E-state index is 12.4. The van der Waals surface area contributed by atoms with Crippen LogP contribution in [0.2, 0.25) is 0 Å². The van der Waals surface area contributed by atoms with E-state index in [4.69, 9.17) is 0 Å². The molecular formula is C17H23N3O2S2. The summed E-state index contributed by atoms with van der Waals surface area (Å²) in [5.74, 6) is 1.13. The third kappa shape index (κ3) is 3.89. The maximum atomic E-state index is 12.4. The van der Waals surface area contributed by atoms with Gasteiger partial charge < -0.3 is 4.90 Å². The maximum Gasteiger partial charge on any atom is 0.272 e. The Morgan fingerprint density at radius 1 is 1.25 bits per heavy atom. The summed E-state index contributed by atoms with van der Waals surface area (Å²) in [4.78, 5) is 7.64. The molecule has 5 nitrogen and oxygen atoms in total. The van der Waals surface area contributed by atoms with Crippen LogP contribution in [0.3, 0.4) is 0 Å². The van der Waals surface area contributed by atoms with Crippen molar-refractivity contribution < 1.29 is 8.42 Å². The number of nitrogens with one attached hydrogen (secondary N) is 1. The van der Waals surface area contributed by atoms with Crippen LogP contribution in [0.25, 0.3) is 0 Å². The molecular weight excluding hydrogens is 342 g/mol. The molecule has 0 unspecified atom stereocenters. The van der Waals surface area contributed by atoms with Crippen LogP contribution in [0, 0.1) is 5.92 Å². The van der Waals surface area contributed by atoms with Gasteiger partial charge >= 0.3 is 0 Å². The van der Waals surface area contributed by atoms with Crippen LogP contribution in [0.4, 0.5) is 11.5 Å². The number of aromatic nitrogens is 1. The Bertz CT molecular complexity index is 776. The first-order chi connectivity index (χ1) is 11.5. The zero-order chi connectivity index (χ0) is 17.2. The molecule has 24 heavy (non-hydrogen) atoms. The molecule has 7 heteroatoms. The number of pyridine rings is 1. The number of piperidine rings is 1. The second kappa shape index (κ2) is 7.11. The molecule has 2 aromatic heterocycles. The van der Waals surface area contributed by atoms with Crippen molar-refractivity contribution in [1.82, 2.24) is 4.98 Å². The van der Waals surface area contributed by atoms with E-state index in [1.165, 1.54) is 24.2 Å². The van der Waals surface area contributed by atoms with Gasteiger partial charge in [-0.3, -0.25) is 4.72 Å². The summed E-state index contributed by atoms with van der Waals surface area (Å²) in [6, 6.07) is 7.17. The first-order valence-corrected chi connectivity index (χ1v) is 10.6. The van der Waals surface area contributed by atoms with Crippen LogP contribution in [-0.4, -0.2) is 26.5 Å². The summed E-state index contributed by atoms with van der Waals surface area (Å²) in [5.41, 5.74) is 1.05. The van der Waals surface area contributed by atoms with Crippen LogP contribution in [0.1, 0.15) is 31.6 Å². The second-order valence-corrected chi connectivity index (χ2v) is 9.33. The molecule has 0 saturated carbocycles. The van der Waals surface area contributed by atoms with E-state index in [-0.39, 0.29) is 0 Å². The lowest BCUT2D eigenvalue weighted by Gasteiger charge is -2.31. The first-order valence-electron chi connectivity index (χ1n) is 8.30. The number of anilines is 2. The Labute approximate surface area is 147 Å². The van der Waals surface area contributed by atoms with Gasteiger partial charge in [0.05, 0.1) is 11.9 Å². The van der Waals surface area contributed by atoms with Crippen molar-refractivity contribution in [3.63, 3.8) is 0 Å². The summed E-state index contributed by atoms with van der Waals surface area (Å²) >= 11 is 1.30. The van der Waals surface area contributed by atoms with Gasteiger partial charge in [-0.2, -0.15) is 0 Å². The van der Waals surface area contributed by atoms with Crippen molar-refractivity contribution in [2.45, 2.75) is 37.3 Å². The van der Waals surface area contributed by atoms with Gasteiger partial charge in [-0.1, -0.05) is 13.8 Å². The minimum Gasteiger partial charge on any atom is -0.370 e. The number of sulfonamides is 1. The summed E-state index contributed by atoms with van der Waals surface area (Å²) in [5, 5.41) is 0. The minimum atomic E-state index is -3.56. The van der Waals surface area contributed by atoms with Crippen LogP contribution < -0.4 is 9.62 Å². The number of nitrogens with zero attached hydrogens (tertiary/aromatic N) is 2. The molecule has 0 radical (unpaired) electrons. The van der Waals surface area contributed by atoms with Crippen molar-refractivity contribution in [2.75, 3.05) is 22.7 Å². The van der Waals surface area contributed by atoms with E-state index in [9.17, 15) is 8.42 Å². The lowest BCUT2D eigenvalue weighted by Crippen LogP contribution is -2.32. The molecule has 1 saturated heterocycles. The van der Waals surface area contributed by atoms with Gasteiger partial charge in [-0.25, -0.2) is 13.4 Å². The van der Waals surface area contributed by atoms with Gasteiger partial charge in [0.1, 0.15) is 10.0 Å². The molecule has 1 N–H and O–H groups in total. The quantitative estimate of drug-likeness (QED) is 0.877. The summed E-state index contributed by atoms with van der Waals surface area (Å²) in [6.45, 7) is 6.35. The van der Waals surface area contributed by atoms with Crippen LogP contribution in [0.15, 0.2) is 34.7 Å². The number of rotatable bonds is 5. The SMILES string of the molecule is CCc1ccc(S(=O)(=O)Nc2ccc(N3CCC(C)CC3)cn2)s1. The third-order valence-corrected chi connectivity index (χ3v) is 7.46. The zero-order valence-electron chi connectivity index (χ0n) is 14.0. The molecule has 1 aliphatic rings. The molecule has 0 amide bonds. The van der Waals surface area contributed by atoms with Crippen molar-refractivity contribution >= 4 is 32.9 Å². The molecule has 1 aliphatic heterocycles. The standard InChI is InChI=1S/C17H23N3O2S2/c1-3-15-5-7-17(23-15)24(21,22)19-16-6-4-14(12-18-16)20-10-8-13(2)9-11-20/h4-7,12-13H,3,8-11H2,1-2H3,(H,18,19). The molecule has 2 aromatic rings. The predicted molar refractivity (Wildman–Crippen MR) is 99.4 cm³/mol. The van der Waals surface area contributed by atoms with Gasteiger partial charge in [-0.15, -0.1) is 11.3 Å². The Morgan fingerprint density at radius 2 is 2.00 bits per heavy atom. The highest BCUT2D eigenvalue weighted by atomic mass is 32.2. The summed E-state index contributed by atoms with van der Waals surface area (Å²) < 4.78 is 27.7. The number of thiophene rings is 1. The Balaban J connectivity index is 1.69. The average Bonchev–Trinajstić information content (AvgIpc) is 3.06. The number of hydrogen-bond acceptors (Lipinski definition) is 5. The highest BCUT2D eigenvalue weighted by Gasteiger charge is 2.19. The monoisotopic (exact) mass is 365 g/mol. The highest BCUT2D eigenvalue weighted by molar-refractivity contribution is 7.94. The van der Waals surface area contributed by atoms with E-state index in [2.05, 4.69) is 21.5 Å². The van der Waals surface area contributed by atoms with Crippen LogP contribution in [0.5, 0.6) is 0 Å². The predicted octanol–water partition coefficient (Wildman–Crippen LogP) is 3.74. The number of hydrogen-bond donors (Lipinski definition) is 1. The third-order valence-electron chi connectivity index (χ3n) is 4.39. The molecule has 0 aliphatic carbocycles. The second-order valence-electron chi connectivity index (χ2n) is 6.25. The summed E-state index contributed by atoms with van der Waals surface area (Å²) in [7, 11) is -3.56. The van der Waals surface area contributed by atoms with Crippen molar-refractivity contribution in [2.24, 2.45) is 5.92 Å². The lowest BCUT2D eigenvalue weighted by atomic mass is 9.99.